The van der Waals surface area contributed by atoms with Crippen molar-refractivity contribution in [2.45, 2.75) is 144 Å². The van der Waals surface area contributed by atoms with Gasteiger partial charge in [0.15, 0.2) is 0 Å². The van der Waals surface area contributed by atoms with Crippen molar-refractivity contribution < 1.29 is 0 Å². The standard InChI is InChI=1S/C54H65BN2S/c1-33-28-45-48-46(29-33)57(39-24-20-36(21-25-39)51(6,7)8)49(58)47(40-30-37(52(9,10)11)17-16-34(40)2)55(48)43-31-41-42(54(14,15)27-26-53(41,12)13)32-44(43)56(45)38-22-18-35(19-23-38)50(3,4)5/h16-25,28-32,58H,26-27H2,1-15H3. The fourth-order valence-corrected chi connectivity index (χ4v) is 10.3. The SMILES string of the molecule is Cc1cc2c3c(c1)N(c1ccc(C(C)(C)C)cc1)c1cc4c(cc1B3C(c1cc(C(C)(C)C)ccc1C)=C(S)N2c1ccc(C(C)(C)C)cc1)C(C)(C)CCC4(C)C. The van der Waals surface area contributed by atoms with Gasteiger partial charge in [0, 0.05) is 28.4 Å². The fourth-order valence-electron chi connectivity index (χ4n) is 9.83. The molecule has 0 aromatic heterocycles. The largest absolute Gasteiger partial charge is 0.311 e. The summed E-state index contributed by atoms with van der Waals surface area (Å²) in [4.78, 5) is 5.05. The molecule has 4 heteroatoms. The number of anilines is 5. The van der Waals surface area contributed by atoms with E-state index >= 15 is 0 Å². The zero-order chi connectivity index (χ0) is 42.1. The molecule has 0 amide bonds. The van der Waals surface area contributed by atoms with E-state index in [-0.39, 0.29) is 33.8 Å². The maximum atomic E-state index is 5.72. The van der Waals surface area contributed by atoms with E-state index in [2.05, 4.69) is 205 Å². The summed E-state index contributed by atoms with van der Waals surface area (Å²) in [6, 6.07) is 35.9. The predicted octanol–water partition coefficient (Wildman–Crippen LogP) is 13.9. The van der Waals surface area contributed by atoms with Crippen molar-refractivity contribution in [3.8, 4) is 0 Å². The van der Waals surface area contributed by atoms with Crippen molar-refractivity contribution in [3.05, 3.63) is 141 Å². The van der Waals surface area contributed by atoms with Crippen molar-refractivity contribution in [1.29, 1.82) is 0 Å². The number of nitrogens with zero attached hydrogens (tertiary/aromatic N) is 2. The lowest BCUT2D eigenvalue weighted by atomic mass is 9.32. The minimum atomic E-state index is -0.0247. The van der Waals surface area contributed by atoms with Crippen LogP contribution in [0.4, 0.5) is 28.4 Å². The zero-order valence-corrected chi connectivity index (χ0v) is 38.9. The summed E-state index contributed by atoms with van der Waals surface area (Å²) >= 11 is 5.72. The van der Waals surface area contributed by atoms with Crippen molar-refractivity contribution in [2.24, 2.45) is 0 Å². The fraction of sp³-hybridized carbons (Fsp3) is 0.407. The van der Waals surface area contributed by atoms with Crippen LogP contribution in [0.5, 0.6) is 0 Å². The molecule has 2 nitrogen and oxygen atoms in total. The molecule has 8 rings (SSSR count). The van der Waals surface area contributed by atoms with Crippen LogP contribution in [0.1, 0.15) is 147 Å². The first kappa shape index (κ1) is 40.6. The number of hydrogen-bond acceptors (Lipinski definition) is 3. The molecule has 5 aromatic carbocycles. The second-order valence-corrected chi connectivity index (χ2v) is 22.6. The Kier molecular flexibility index (Phi) is 9.41. The molecule has 0 bridgehead atoms. The molecule has 2 heterocycles. The lowest BCUT2D eigenvalue weighted by Gasteiger charge is -2.47. The Morgan fingerprint density at radius 3 is 1.48 bits per heavy atom. The van der Waals surface area contributed by atoms with Gasteiger partial charge in [0.05, 0.1) is 5.03 Å². The van der Waals surface area contributed by atoms with Gasteiger partial charge >= 0.3 is 0 Å². The molecule has 5 aromatic rings. The molecule has 0 spiro atoms. The van der Waals surface area contributed by atoms with Gasteiger partial charge < -0.3 is 9.80 Å². The normalized spacial score (nSPS) is 17.3. The van der Waals surface area contributed by atoms with E-state index in [1.165, 1.54) is 96.5 Å². The van der Waals surface area contributed by atoms with Crippen molar-refractivity contribution in [2.75, 3.05) is 9.80 Å². The van der Waals surface area contributed by atoms with Crippen molar-refractivity contribution >= 4 is 64.2 Å². The summed E-state index contributed by atoms with van der Waals surface area (Å²) in [7, 11) is 0. The summed E-state index contributed by atoms with van der Waals surface area (Å²) in [5.74, 6) is 0. The van der Waals surface area contributed by atoms with Crippen LogP contribution in [0, 0.1) is 13.8 Å². The van der Waals surface area contributed by atoms with Gasteiger partial charge in [-0.2, -0.15) is 0 Å². The van der Waals surface area contributed by atoms with Gasteiger partial charge in [-0.05, 0) is 157 Å². The lowest BCUT2D eigenvalue weighted by Crippen LogP contribution is -2.56. The van der Waals surface area contributed by atoms with E-state index in [0.29, 0.717) is 0 Å². The first-order valence-corrected chi connectivity index (χ1v) is 22.0. The minimum absolute atomic E-state index is 0.00768. The molecule has 58 heavy (non-hydrogen) atoms. The molecule has 0 saturated carbocycles. The minimum Gasteiger partial charge on any atom is -0.311 e. The monoisotopic (exact) mass is 784 g/mol. The van der Waals surface area contributed by atoms with Gasteiger partial charge in [-0.25, -0.2) is 0 Å². The molecule has 0 fully saturated rings. The Hall–Kier alpha value is -4.15. The molecule has 300 valence electrons. The third kappa shape index (κ3) is 6.66. The molecule has 0 atom stereocenters. The predicted molar refractivity (Wildman–Crippen MR) is 258 cm³/mol. The highest BCUT2D eigenvalue weighted by atomic mass is 32.1. The van der Waals surface area contributed by atoms with E-state index < -0.39 is 0 Å². The van der Waals surface area contributed by atoms with Crippen LogP contribution in [0.25, 0.3) is 5.47 Å². The van der Waals surface area contributed by atoms with Crippen LogP contribution < -0.4 is 20.7 Å². The number of fused-ring (bicyclic) bond motifs is 3. The number of hydrogen-bond donors (Lipinski definition) is 1. The van der Waals surface area contributed by atoms with E-state index in [4.69, 9.17) is 12.6 Å². The van der Waals surface area contributed by atoms with Crippen molar-refractivity contribution in [3.63, 3.8) is 0 Å². The Morgan fingerprint density at radius 1 is 0.534 bits per heavy atom. The van der Waals surface area contributed by atoms with E-state index in [1.807, 2.05) is 0 Å². The lowest BCUT2D eigenvalue weighted by molar-refractivity contribution is 0.332. The Balaban J connectivity index is 1.51. The van der Waals surface area contributed by atoms with E-state index in [1.54, 1.807) is 0 Å². The second-order valence-electron chi connectivity index (χ2n) is 22.2. The summed E-state index contributed by atoms with van der Waals surface area (Å²) in [6.07, 6.45) is 2.34. The molecule has 1 aliphatic carbocycles. The smallest absolute Gasteiger partial charge is 0.253 e. The van der Waals surface area contributed by atoms with Gasteiger partial charge in [0.1, 0.15) is 0 Å². The highest BCUT2D eigenvalue weighted by molar-refractivity contribution is 7.85. The Labute approximate surface area is 356 Å². The molecular formula is C54H65BN2S. The van der Waals surface area contributed by atoms with Gasteiger partial charge in [0.2, 0.25) is 0 Å². The quantitative estimate of drug-likeness (QED) is 0.144. The average molecular weight is 785 g/mol. The molecular weight excluding hydrogens is 719 g/mol. The number of benzene rings is 5. The van der Waals surface area contributed by atoms with Crippen LogP contribution >= 0.6 is 12.6 Å². The summed E-state index contributed by atoms with van der Waals surface area (Å²) < 4.78 is 0. The summed E-state index contributed by atoms with van der Waals surface area (Å²) in [5, 5.41) is 0.998. The highest BCUT2D eigenvalue weighted by Crippen LogP contribution is 2.52. The third-order valence-corrected chi connectivity index (χ3v) is 14.2. The van der Waals surface area contributed by atoms with Crippen LogP contribution in [0.15, 0.2) is 96.0 Å². The van der Waals surface area contributed by atoms with Gasteiger partial charge in [-0.1, -0.05) is 139 Å². The van der Waals surface area contributed by atoms with E-state index in [0.717, 1.165) is 10.7 Å². The van der Waals surface area contributed by atoms with Gasteiger partial charge in [-0.15, -0.1) is 12.6 Å². The van der Waals surface area contributed by atoms with Crippen LogP contribution in [-0.4, -0.2) is 6.71 Å². The summed E-state index contributed by atoms with van der Waals surface area (Å²) in [6.45, 7) is 35.1. The maximum Gasteiger partial charge on any atom is 0.253 e. The van der Waals surface area contributed by atoms with E-state index in [9.17, 15) is 0 Å². The zero-order valence-electron chi connectivity index (χ0n) is 38.0. The van der Waals surface area contributed by atoms with Crippen molar-refractivity contribution in [1.82, 2.24) is 0 Å². The van der Waals surface area contributed by atoms with Crippen LogP contribution in [-0.2, 0) is 27.1 Å². The van der Waals surface area contributed by atoms with Gasteiger partial charge in [-0.3, -0.25) is 0 Å². The molecule has 3 aliphatic rings. The van der Waals surface area contributed by atoms with Crippen LogP contribution in [0.2, 0.25) is 0 Å². The summed E-state index contributed by atoms with van der Waals surface area (Å²) in [5.41, 5.74) is 21.1. The Morgan fingerprint density at radius 2 is 0.983 bits per heavy atom. The topological polar surface area (TPSA) is 6.48 Å². The first-order chi connectivity index (χ1) is 26.9. The highest BCUT2D eigenvalue weighted by Gasteiger charge is 2.47. The number of thiol groups is 1. The average Bonchev–Trinajstić information content (AvgIpc) is 3.12. The molecule has 0 radical (unpaired) electrons. The molecule has 2 aliphatic heterocycles. The van der Waals surface area contributed by atoms with Gasteiger partial charge in [0.25, 0.3) is 6.71 Å². The molecule has 0 N–H and O–H groups in total. The molecule has 0 saturated heterocycles. The number of rotatable bonds is 3. The second kappa shape index (κ2) is 13.4. The van der Waals surface area contributed by atoms with Crippen LogP contribution in [0.3, 0.4) is 0 Å². The maximum absolute atomic E-state index is 5.72. The third-order valence-electron chi connectivity index (χ3n) is 13.7. The molecule has 0 unspecified atom stereocenters. The number of aryl methyl sites for hydroxylation is 2. The first-order valence-electron chi connectivity index (χ1n) is 21.6. The Bertz CT molecular complexity index is 2480.